The summed E-state index contributed by atoms with van der Waals surface area (Å²) in [5, 5.41) is 4.79. The Bertz CT molecular complexity index is 635. The lowest BCUT2D eigenvalue weighted by Crippen LogP contribution is -2.32. The number of aromatic nitrogens is 1. The van der Waals surface area contributed by atoms with Crippen LogP contribution in [0.1, 0.15) is 22.3 Å². The van der Waals surface area contributed by atoms with Crippen molar-refractivity contribution in [2.45, 2.75) is 13.8 Å². The molecule has 2 rings (SSSR count). The van der Waals surface area contributed by atoms with E-state index < -0.39 is 5.97 Å². The molecule has 0 aliphatic carbocycles. The van der Waals surface area contributed by atoms with E-state index in [1.165, 1.54) is 16.2 Å². The van der Waals surface area contributed by atoms with Crippen LogP contribution in [0.5, 0.6) is 0 Å². The van der Waals surface area contributed by atoms with Gasteiger partial charge in [0.05, 0.1) is 12.3 Å². The number of nitrogens with zero attached hydrogens (tertiary/aromatic N) is 2. The molecule has 2 aromatic rings. The second-order valence-electron chi connectivity index (χ2n) is 4.41. The maximum atomic E-state index is 12.4. The summed E-state index contributed by atoms with van der Waals surface area (Å²) < 4.78 is 4.85. The molecule has 0 N–H and O–H groups in total. The number of hydrogen-bond acceptors (Lipinski definition) is 6. The first kappa shape index (κ1) is 15.7. The molecule has 0 unspecified atom stereocenters. The van der Waals surface area contributed by atoms with Crippen LogP contribution in [-0.2, 0) is 9.53 Å². The van der Waals surface area contributed by atoms with Gasteiger partial charge in [-0.15, -0.1) is 11.3 Å². The lowest BCUT2D eigenvalue weighted by molar-refractivity contribution is -0.143. The van der Waals surface area contributed by atoms with Crippen molar-refractivity contribution < 1.29 is 14.3 Å². The molecule has 1 amide bonds. The van der Waals surface area contributed by atoms with Crippen LogP contribution in [0.15, 0.2) is 16.8 Å². The SMILES string of the molecule is CCOC(=O)CN(C)C(=O)c1sc(-c2ccsc2)nc1C. The molecule has 0 saturated carbocycles. The molecular weight excluding hydrogens is 308 g/mol. The first-order chi connectivity index (χ1) is 10.0. The average molecular weight is 324 g/mol. The predicted molar refractivity (Wildman–Crippen MR) is 83.8 cm³/mol. The van der Waals surface area contributed by atoms with Gasteiger partial charge in [-0.2, -0.15) is 11.3 Å². The molecule has 5 nitrogen and oxygen atoms in total. The number of aryl methyl sites for hydroxylation is 1. The summed E-state index contributed by atoms with van der Waals surface area (Å²) >= 11 is 2.93. The summed E-state index contributed by atoms with van der Waals surface area (Å²) in [4.78, 5) is 30.2. The number of ether oxygens (including phenoxy) is 1. The molecule has 0 spiro atoms. The van der Waals surface area contributed by atoms with Gasteiger partial charge in [0.25, 0.3) is 5.91 Å². The Morgan fingerprint density at radius 2 is 2.19 bits per heavy atom. The normalized spacial score (nSPS) is 10.4. The number of amides is 1. The molecule has 0 atom stereocenters. The largest absolute Gasteiger partial charge is 0.465 e. The molecule has 0 fully saturated rings. The summed E-state index contributed by atoms with van der Waals surface area (Å²) in [5.41, 5.74) is 1.70. The lowest BCUT2D eigenvalue weighted by atomic mass is 10.3. The van der Waals surface area contributed by atoms with E-state index in [1.807, 2.05) is 16.8 Å². The zero-order valence-electron chi connectivity index (χ0n) is 12.1. The van der Waals surface area contributed by atoms with Crippen LogP contribution >= 0.6 is 22.7 Å². The van der Waals surface area contributed by atoms with Crippen LogP contribution in [0.25, 0.3) is 10.6 Å². The van der Waals surface area contributed by atoms with Crippen LogP contribution < -0.4 is 0 Å². The van der Waals surface area contributed by atoms with Crippen LogP contribution in [0.2, 0.25) is 0 Å². The molecule has 0 aliphatic rings. The van der Waals surface area contributed by atoms with Gasteiger partial charge >= 0.3 is 5.97 Å². The molecule has 0 aliphatic heterocycles. The van der Waals surface area contributed by atoms with E-state index in [0.29, 0.717) is 17.2 Å². The van der Waals surface area contributed by atoms with Crippen molar-refractivity contribution in [3.63, 3.8) is 0 Å². The van der Waals surface area contributed by atoms with Gasteiger partial charge in [0.15, 0.2) is 0 Å². The fraction of sp³-hybridized carbons (Fsp3) is 0.357. The number of likely N-dealkylation sites (N-methyl/N-ethyl adjacent to an activating group) is 1. The second-order valence-corrected chi connectivity index (χ2v) is 6.19. The van der Waals surface area contributed by atoms with Gasteiger partial charge in [-0.1, -0.05) is 0 Å². The zero-order valence-corrected chi connectivity index (χ0v) is 13.7. The van der Waals surface area contributed by atoms with Crippen molar-refractivity contribution in [2.24, 2.45) is 0 Å². The van der Waals surface area contributed by atoms with E-state index in [0.717, 1.165) is 10.6 Å². The number of thiophene rings is 1. The van der Waals surface area contributed by atoms with Crippen molar-refractivity contribution in [3.05, 3.63) is 27.4 Å². The maximum Gasteiger partial charge on any atom is 0.325 e. The van der Waals surface area contributed by atoms with Crippen LogP contribution in [0.3, 0.4) is 0 Å². The van der Waals surface area contributed by atoms with E-state index in [2.05, 4.69) is 4.98 Å². The molecular formula is C14H16N2O3S2. The number of rotatable bonds is 5. The van der Waals surface area contributed by atoms with E-state index in [-0.39, 0.29) is 12.5 Å². The van der Waals surface area contributed by atoms with Gasteiger partial charge in [-0.3, -0.25) is 9.59 Å². The van der Waals surface area contributed by atoms with Gasteiger partial charge < -0.3 is 9.64 Å². The summed E-state index contributed by atoms with van der Waals surface area (Å²) in [7, 11) is 1.59. The highest BCUT2D eigenvalue weighted by Gasteiger charge is 2.21. The lowest BCUT2D eigenvalue weighted by Gasteiger charge is -2.15. The van der Waals surface area contributed by atoms with Crippen LogP contribution in [0, 0.1) is 6.92 Å². The Morgan fingerprint density at radius 3 is 2.81 bits per heavy atom. The van der Waals surface area contributed by atoms with E-state index in [1.54, 1.807) is 32.2 Å². The van der Waals surface area contributed by atoms with Crippen molar-refractivity contribution in [2.75, 3.05) is 20.2 Å². The Hall–Kier alpha value is -1.73. The minimum atomic E-state index is -0.409. The molecule has 21 heavy (non-hydrogen) atoms. The van der Waals surface area contributed by atoms with Gasteiger partial charge in [0.1, 0.15) is 16.4 Å². The number of carbonyl (C=O) groups is 2. The van der Waals surface area contributed by atoms with Gasteiger partial charge in [0.2, 0.25) is 0 Å². The monoisotopic (exact) mass is 324 g/mol. The zero-order chi connectivity index (χ0) is 15.4. The number of thiazole rings is 1. The van der Waals surface area contributed by atoms with E-state index in [9.17, 15) is 9.59 Å². The number of hydrogen-bond donors (Lipinski definition) is 0. The van der Waals surface area contributed by atoms with Crippen LogP contribution in [0.4, 0.5) is 0 Å². The average Bonchev–Trinajstić information content (AvgIpc) is 3.06. The van der Waals surface area contributed by atoms with Gasteiger partial charge in [0, 0.05) is 18.0 Å². The molecule has 2 heterocycles. The minimum Gasteiger partial charge on any atom is -0.465 e. The minimum absolute atomic E-state index is 0.0577. The predicted octanol–water partition coefficient (Wildman–Crippen LogP) is 2.82. The highest BCUT2D eigenvalue weighted by atomic mass is 32.1. The van der Waals surface area contributed by atoms with Crippen molar-refractivity contribution in [1.82, 2.24) is 9.88 Å². The third-order valence-corrected chi connectivity index (χ3v) is 4.65. The molecule has 112 valence electrons. The molecule has 7 heteroatoms. The molecule has 0 saturated heterocycles. The Kier molecular flexibility index (Phi) is 5.08. The topological polar surface area (TPSA) is 59.5 Å². The Morgan fingerprint density at radius 1 is 1.43 bits per heavy atom. The Balaban J connectivity index is 2.14. The van der Waals surface area contributed by atoms with Crippen molar-refractivity contribution >= 4 is 34.6 Å². The number of esters is 1. The highest BCUT2D eigenvalue weighted by Crippen LogP contribution is 2.29. The van der Waals surface area contributed by atoms with E-state index >= 15 is 0 Å². The first-order valence-electron chi connectivity index (χ1n) is 6.44. The smallest absolute Gasteiger partial charge is 0.325 e. The molecule has 0 radical (unpaired) electrons. The van der Waals surface area contributed by atoms with Gasteiger partial charge in [-0.25, -0.2) is 4.98 Å². The first-order valence-corrected chi connectivity index (χ1v) is 8.20. The third-order valence-electron chi connectivity index (χ3n) is 2.78. The summed E-state index contributed by atoms with van der Waals surface area (Å²) in [6.45, 7) is 3.79. The van der Waals surface area contributed by atoms with Crippen LogP contribution in [-0.4, -0.2) is 42.0 Å². The Labute approximate surface area is 131 Å². The standard InChI is InChI=1S/C14H16N2O3S2/c1-4-19-11(17)7-16(3)14(18)12-9(2)15-13(21-12)10-5-6-20-8-10/h5-6,8H,4,7H2,1-3H3. The van der Waals surface area contributed by atoms with Gasteiger partial charge in [-0.05, 0) is 25.3 Å². The maximum absolute atomic E-state index is 12.4. The fourth-order valence-electron chi connectivity index (χ4n) is 1.75. The molecule has 0 bridgehead atoms. The second kappa shape index (κ2) is 6.82. The van der Waals surface area contributed by atoms with E-state index in [4.69, 9.17) is 4.74 Å². The fourth-order valence-corrected chi connectivity index (χ4v) is 3.52. The third kappa shape index (κ3) is 3.68. The summed E-state index contributed by atoms with van der Waals surface area (Å²) in [6.07, 6.45) is 0. The number of carbonyl (C=O) groups excluding carboxylic acids is 2. The molecule has 2 aromatic heterocycles. The quantitative estimate of drug-likeness (QED) is 0.794. The van der Waals surface area contributed by atoms with Crippen molar-refractivity contribution in [3.8, 4) is 10.6 Å². The molecule has 0 aromatic carbocycles. The van der Waals surface area contributed by atoms with Crippen molar-refractivity contribution in [1.29, 1.82) is 0 Å². The summed E-state index contributed by atoms with van der Waals surface area (Å²) in [5.74, 6) is -0.617. The summed E-state index contributed by atoms with van der Waals surface area (Å²) in [6, 6.07) is 1.97. The highest BCUT2D eigenvalue weighted by molar-refractivity contribution is 7.17.